The fourth-order valence-corrected chi connectivity index (χ4v) is 4.74. The number of likely N-dealkylation sites (N-methyl/N-ethyl adjacent to an activating group) is 1. The maximum absolute atomic E-state index is 13.0. The van der Waals surface area contributed by atoms with Crippen LogP contribution in [0.1, 0.15) is 6.92 Å². The maximum Gasteiger partial charge on any atom is 0.258 e. The Kier molecular flexibility index (Phi) is 5.25. The average Bonchev–Trinajstić information content (AvgIpc) is 3.25. The summed E-state index contributed by atoms with van der Waals surface area (Å²) in [5, 5.41) is 4.01. The van der Waals surface area contributed by atoms with Crippen LogP contribution in [0.25, 0.3) is 22.8 Å². The second kappa shape index (κ2) is 7.83. The third-order valence-corrected chi connectivity index (χ3v) is 6.85. The predicted molar refractivity (Wildman–Crippen MR) is 106 cm³/mol. The zero-order valence-corrected chi connectivity index (χ0v) is 16.5. The zero-order valence-electron chi connectivity index (χ0n) is 15.7. The first-order chi connectivity index (χ1) is 13.6. The van der Waals surface area contributed by atoms with Gasteiger partial charge in [0.05, 0.1) is 4.90 Å². The lowest BCUT2D eigenvalue weighted by Gasteiger charge is -2.33. The third kappa shape index (κ3) is 3.71. The van der Waals surface area contributed by atoms with Crippen molar-refractivity contribution in [2.24, 2.45) is 0 Å². The summed E-state index contributed by atoms with van der Waals surface area (Å²) in [5.41, 5.74) is 1.43. The average molecular weight is 398 g/mol. The lowest BCUT2D eigenvalue weighted by atomic mass is 10.2. The van der Waals surface area contributed by atoms with E-state index in [-0.39, 0.29) is 4.90 Å². The van der Waals surface area contributed by atoms with Crippen LogP contribution in [0.3, 0.4) is 0 Å². The van der Waals surface area contributed by atoms with Crippen molar-refractivity contribution in [3.63, 3.8) is 0 Å². The van der Waals surface area contributed by atoms with E-state index >= 15 is 0 Å². The van der Waals surface area contributed by atoms with Gasteiger partial charge >= 0.3 is 0 Å². The number of sulfonamides is 1. The number of aromatic nitrogens is 2. The summed E-state index contributed by atoms with van der Waals surface area (Å²) in [6.45, 7) is 5.52. The van der Waals surface area contributed by atoms with Crippen molar-refractivity contribution in [2.45, 2.75) is 11.8 Å². The molecular weight excluding hydrogens is 376 g/mol. The first-order valence-corrected chi connectivity index (χ1v) is 10.7. The Balaban J connectivity index is 1.59. The van der Waals surface area contributed by atoms with E-state index in [1.54, 1.807) is 28.6 Å². The highest BCUT2D eigenvalue weighted by Gasteiger charge is 2.28. The molecule has 1 aromatic heterocycles. The Bertz CT molecular complexity index is 1040. The van der Waals surface area contributed by atoms with Gasteiger partial charge in [0, 0.05) is 37.3 Å². The second-order valence-corrected chi connectivity index (χ2v) is 8.59. The van der Waals surface area contributed by atoms with E-state index in [1.807, 2.05) is 30.3 Å². The first-order valence-electron chi connectivity index (χ1n) is 9.30. The quantitative estimate of drug-likeness (QED) is 0.657. The molecule has 1 fully saturated rings. The monoisotopic (exact) mass is 398 g/mol. The molecule has 28 heavy (non-hydrogen) atoms. The molecule has 0 spiro atoms. The summed E-state index contributed by atoms with van der Waals surface area (Å²) in [7, 11) is -3.55. The summed E-state index contributed by atoms with van der Waals surface area (Å²) in [6.07, 6.45) is 0. The van der Waals surface area contributed by atoms with Crippen LogP contribution >= 0.6 is 0 Å². The van der Waals surface area contributed by atoms with Crippen molar-refractivity contribution in [3.8, 4) is 22.8 Å². The lowest BCUT2D eigenvalue weighted by molar-refractivity contribution is 0.196. The summed E-state index contributed by atoms with van der Waals surface area (Å²) in [4.78, 5) is 6.90. The highest BCUT2D eigenvalue weighted by atomic mass is 32.2. The molecule has 1 saturated heterocycles. The van der Waals surface area contributed by atoms with Gasteiger partial charge in [-0.25, -0.2) is 8.42 Å². The summed E-state index contributed by atoms with van der Waals surface area (Å²) >= 11 is 0. The first kappa shape index (κ1) is 18.8. The molecule has 0 amide bonds. The van der Waals surface area contributed by atoms with E-state index in [0.29, 0.717) is 30.4 Å². The Morgan fingerprint density at radius 1 is 0.964 bits per heavy atom. The van der Waals surface area contributed by atoms with Crippen molar-refractivity contribution >= 4 is 10.0 Å². The van der Waals surface area contributed by atoms with Gasteiger partial charge in [-0.15, -0.1) is 0 Å². The van der Waals surface area contributed by atoms with Gasteiger partial charge in [0.2, 0.25) is 15.8 Å². The van der Waals surface area contributed by atoms with E-state index in [4.69, 9.17) is 4.52 Å². The highest BCUT2D eigenvalue weighted by Crippen LogP contribution is 2.26. The second-order valence-electron chi connectivity index (χ2n) is 6.66. The SMILES string of the molecule is CCN1CCN(S(=O)(=O)c2cccc(-c3nc(-c4ccccc4)no3)c2)CC1. The Morgan fingerprint density at radius 3 is 2.39 bits per heavy atom. The predicted octanol–water partition coefficient (Wildman–Crippen LogP) is 2.73. The molecule has 3 aromatic rings. The van der Waals surface area contributed by atoms with E-state index in [9.17, 15) is 8.42 Å². The fourth-order valence-electron chi connectivity index (χ4n) is 3.27. The number of hydrogen-bond acceptors (Lipinski definition) is 6. The number of benzene rings is 2. The van der Waals surface area contributed by atoms with Gasteiger partial charge in [-0.05, 0) is 24.7 Å². The molecule has 7 nitrogen and oxygen atoms in total. The molecule has 0 bridgehead atoms. The van der Waals surface area contributed by atoms with Gasteiger partial charge in [0.25, 0.3) is 5.89 Å². The molecule has 0 N–H and O–H groups in total. The smallest absolute Gasteiger partial charge is 0.258 e. The van der Waals surface area contributed by atoms with Gasteiger partial charge in [-0.3, -0.25) is 0 Å². The standard InChI is InChI=1S/C20H22N4O3S/c1-2-23-11-13-24(14-12-23)28(25,26)18-10-6-9-17(15-18)20-21-19(22-27-20)16-7-4-3-5-8-16/h3-10,15H,2,11-14H2,1H3. The largest absolute Gasteiger partial charge is 0.334 e. The molecule has 0 atom stereocenters. The summed E-state index contributed by atoms with van der Waals surface area (Å²) in [5.74, 6) is 0.770. The summed E-state index contributed by atoms with van der Waals surface area (Å²) < 4.78 is 33.0. The van der Waals surface area contributed by atoms with Crippen LogP contribution in [-0.4, -0.2) is 60.5 Å². The van der Waals surface area contributed by atoms with Crippen molar-refractivity contribution in [3.05, 3.63) is 54.6 Å². The Morgan fingerprint density at radius 2 is 1.68 bits per heavy atom. The molecule has 4 rings (SSSR count). The molecule has 0 unspecified atom stereocenters. The Hall–Kier alpha value is -2.55. The van der Waals surface area contributed by atoms with Gasteiger partial charge in [0.15, 0.2) is 0 Å². The lowest BCUT2D eigenvalue weighted by Crippen LogP contribution is -2.48. The van der Waals surface area contributed by atoms with Gasteiger partial charge < -0.3 is 9.42 Å². The molecule has 0 aliphatic carbocycles. The number of hydrogen-bond donors (Lipinski definition) is 0. The third-order valence-electron chi connectivity index (χ3n) is 4.96. The van der Waals surface area contributed by atoms with Crippen LogP contribution in [0.15, 0.2) is 64.0 Å². The minimum Gasteiger partial charge on any atom is -0.334 e. The normalized spacial score (nSPS) is 16.3. The Labute approximate surface area is 164 Å². The minimum absolute atomic E-state index is 0.245. The van der Waals surface area contributed by atoms with Crippen LogP contribution in [0, 0.1) is 0 Å². The van der Waals surface area contributed by atoms with Crippen molar-refractivity contribution in [2.75, 3.05) is 32.7 Å². The van der Waals surface area contributed by atoms with Gasteiger partial charge in [-0.1, -0.05) is 48.5 Å². The van der Waals surface area contributed by atoms with Crippen LogP contribution in [0.4, 0.5) is 0 Å². The van der Waals surface area contributed by atoms with Crippen LogP contribution in [0.5, 0.6) is 0 Å². The number of piperazine rings is 1. The van der Waals surface area contributed by atoms with E-state index in [1.165, 1.54) is 0 Å². The minimum atomic E-state index is -3.55. The zero-order chi connectivity index (χ0) is 19.6. The van der Waals surface area contributed by atoms with Crippen LogP contribution in [-0.2, 0) is 10.0 Å². The van der Waals surface area contributed by atoms with Gasteiger partial charge in [-0.2, -0.15) is 9.29 Å². The topological polar surface area (TPSA) is 79.5 Å². The number of rotatable bonds is 5. The maximum atomic E-state index is 13.0. The molecule has 1 aliphatic rings. The van der Waals surface area contributed by atoms with Crippen LogP contribution in [0.2, 0.25) is 0 Å². The van der Waals surface area contributed by atoms with Crippen molar-refractivity contribution in [1.82, 2.24) is 19.3 Å². The van der Waals surface area contributed by atoms with E-state index in [2.05, 4.69) is 22.0 Å². The summed E-state index contributed by atoms with van der Waals surface area (Å²) in [6, 6.07) is 16.2. The van der Waals surface area contributed by atoms with E-state index < -0.39 is 10.0 Å². The molecule has 0 saturated carbocycles. The highest BCUT2D eigenvalue weighted by molar-refractivity contribution is 7.89. The molecule has 0 radical (unpaired) electrons. The van der Waals surface area contributed by atoms with E-state index in [0.717, 1.165) is 25.2 Å². The molecule has 2 heterocycles. The van der Waals surface area contributed by atoms with Crippen molar-refractivity contribution in [1.29, 1.82) is 0 Å². The fraction of sp³-hybridized carbons (Fsp3) is 0.300. The molecule has 1 aliphatic heterocycles. The van der Waals surface area contributed by atoms with Crippen molar-refractivity contribution < 1.29 is 12.9 Å². The molecular formula is C20H22N4O3S. The molecule has 2 aromatic carbocycles. The number of nitrogens with zero attached hydrogens (tertiary/aromatic N) is 4. The van der Waals surface area contributed by atoms with Gasteiger partial charge in [0.1, 0.15) is 0 Å². The molecule has 8 heteroatoms. The molecule has 146 valence electrons. The van der Waals surface area contributed by atoms with Crippen LogP contribution < -0.4 is 0 Å².